The van der Waals surface area contributed by atoms with Crippen LogP contribution in [0.5, 0.6) is 0 Å². The number of aliphatic hydroxyl groups excluding tert-OH is 1. The Morgan fingerprint density at radius 1 is 1.05 bits per heavy atom. The fraction of sp³-hybridized carbons (Fsp3) is 0.474. The molecule has 0 fully saturated rings. The molecule has 0 spiro atoms. The summed E-state index contributed by atoms with van der Waals surface area (Å²) in [4.78, 5) is 0. The number of hydrogen-bond donors (Lipinski definition) is 2. The molecule has 0 aromatic heterocycles. The Balaban J connectivity index is 1.88. The van der Waals surface area contributed by atoms with Crippen LogP contribution in [0.25, 0.3) is 10.8 Å². The molecule has 2 rings (SSSR count). The highest BCUT2D eigenvalue weighted by Gasteiger charge is 2.09. The van der Waals surface area contributed by atoms with E-state index in [2.05, 4.69) is 43.4 Å². The molecule has 2 heteroatoms. The van der Waals surface area contributed by atoms with Gasteiger partial charge in [0.15, 0.2) is 0 Å². The van der Waals surface area contributed by atoms with Gasteiger partial charge < -0.3 is 10.4 Å². The second kappa shape index (κ2) is 8.16. The summed E-state index contributed by atoms with van der Waals surface area (Å²) >= 11 is 0. The molecule has 0 amide bonds. The second-order valence-corrected chi connectivity index (χ2v) is 5.93. The van der Waals surface area contributed by atoms with Crippen LogP contribution >= 0.6 is 0 Å². The van der Waals surface area contributed by atoms with Gasteiger partial charge in [0.05, 0.1) is 6.10 Å². The zero-order chi connectivity index (χ0) is 15.1. The Hall–Kier alpha value is -1.38. The van der Waals surface area contributed by atoms with Crippen molar-refractivity contribution in [2.45, 2.75) is 51.7 Å². The first-order valence-electron chi connectivity index (χ1n) is 8.11. The fourth-order valence-corrected chi connectivity index (χ4v) is 2.65. The van der Waals surface area contributed by atoms with Crippen LogP contribution in [0.3, 0.4) is 0 Å². The predicted molar refractivity (Wildman–Crippen MR) is 90.5 cm³/mol. The van der Waals surface area contributed by atoms with Crippen LogP contribution < -0.4 is 5.32 Å². The van der Waals surface area contributed by atoms with Crippen molar-refractivity contribution in [3.63, 3.8) is 0 Å². The number of nitrogens with one attached hydrogen (secondary N) is 1. The smallest absolute Gasteiger partial charge is 0.0914 e. The SMILES string of the molecule is CCCCCC(C)NCC(O)c1ccc2ccccc2c1. The normalized spacial score (nSPS) is 14.2. The van der Waals surface area contributed by atoms with E-state index in [1.165, 1.54) is 36.5 Å². The van der Waals surface area contributed by atoms with Gasteiger partial charge in [-0.3, -0.25) is 0 Å². The fourth-order valence-electron chi connectivity index (χ4n) is 2.65. The zero-order valence-corrected chi connectivity index (χ0v) is 13.2. The Morgan fingerprint density at radius 2 is 1.81 bits per heavy atom. The summed E-state index contributed by atoms with van der Waals surface area (Å²) in [7, 11) is 0. The number of rotatable bonds is 8. The summed E-state index contributed by atoms with van der Waals surface area (Å²) in [5.74, 6) is 0. The Morgan fingerprint density at radius 3 is 2.57 bits per heavy atom. The van der Waals surface area contributed by atoms with Crippen molar-refractivity contribution < 1.29 is 5.11 Å². The first-order chi connectivity index (χ1) is 10.2. The third-order valence-corrected chi connectivity index (χ3v) is 4.06. The summed E-state index contributed by atoms with van der Waals surface area (Å²) in [5.41, 5.74) is 0.988. The van der Waals surface area contributed by atoms with E-state index in [-0.39, 0.29) is 0 Å². The maximum absolute atomic E-state index is 10.3. The van der Waals surface area contributed by atoms with Crippen molar-refractivity contribution in [2.24, 2.45) is 0 Å². The number of benzene rings is 2. The topological polar surface area (TPSA) is 32.3 Å². The lowest BCUT2D eigenvalue weighted by molar-refractivity contribution is 0.170. The third-order valence-electron chi connectivity index (χ3n) is 4.06. The minimum Gasteiger partial charge on any atom is -0.387 e. The molecule has 2 aromatic carbocycles. The highest BCUT2D eigenvalue weighted by molar-refractivity contribution is 5.83. The molecule has 0 aliphatic carbocycles. The van der Waals surface area contributed by atoms with Crippen molar-refractivity contribution in [1.29, 1.82) is 0 Å². The highest BCUT2D eigenvalue weighted by atomic mass is 16.3. The van der Waals surface area contributed by atoms with Crippen LogP contribution in [-0.4, -0.2) is 17.7 Å². The van der Waals surface area contributed by atoms with Gasteiger partial charge in [-0.05, 0) is 35.7 Å². The van der Waals surface area contributed by atoms with Gasteiger partial charge >= 0.3 is 0 Å². The lowest BCUT2D eigenvalue weighted by atomic mass is 10.0. The minimum atomic E-state index is -0.441. The van der Waals surface area contributed by atoms with Gasteiger partial charge in [0.25, 0.3) is 0 Å². The first-order valence-corrected chi connectivity index (χ1v) is 8.11. The molecule has 2 nitrogen and oxygen atoms in total. The average Bonchev–Trinajstić information content (AvgIpc) is 2.52. The molecule has 0 bridgehead atoms. The van der Waals surface area contributed by atoms with Crippen molar-refractivity contribution >= 4 is 10.8 Å². The summed E-state index contributed by atoms with van der Waals surface area (Å²) < 4.78 is 0. The lowest BCUT2D eigenvalue weighted by Crippen LogP contribution is -2.30. The second-order valence-electron chi connectivity index (χ2n) is 5.93. The molecule has 0 radical (unpaired) electrons. The minimum absolute atomic E-state index is 0.441. The summed E-state index contributed by atoms with van der Waals surface area (Å²) in [5, 5.41) is 16.2. The molecule has 0 saturated heterocycles. The Labute approximate surface area is 128 Å². The van der Waals surface area contributed by atoms with Gasteiger partial charge in [-0.25, -0.2) is 0 Å². The van der Waals surface area contributed by atoms with Crippen LogP contribution in [0.1, 0.15) is 51.2 Å². The lowest BCUT2D eigenvalue weighted by Gasteiger charge is -2.17. The van der Waals surface area contributed by atoms with Crippen LogP contribution in [0.15, 0.2) is 42.5 Å². The molecule has 0 aliphatic rings. The van der Waals surface area contributed by atoms with E-state index in [1.54, 1.807) is 0 Å². The largest absolute Gasteiger partial charge is 0.387 e. The molecule has 2 N–H and O–H groups in total. The van der Waals surface area contributed by atoms with Crippen LogP contribution in [0, 0.1) is 0 Å². The van der Waals surface area contributed by atoms with Crippen LogP contribution in [-0.2, 0) is 0 Å². The van der Waals surface area contributed by atoms with Crippen molar-refractivity contribution in [3.05, 3.63) is 48.0 Å². The predicted octanol–water partition coefficient (Wildman–Crippen LogP) is 4.43. The number of aliphatic hydroxyl groups is 1. The van der Waals surface area contributed by atoms with Gasteiger partial charge in [0.2, 0.25) is 0 Å². The van der Waals surface area contributed by atoms with E-state index < -0.39 is 6.10 Å². The maximum Gasteiger partial charge on any atom is 0.0914 e. The van der Waals surface area contributed by atoms with Gasteiger partial charge in [0.1, 0.15) is 0 Å². The van der Waals surface area contributed by atoms with Gasteiger partial charge in [-0.15, -0.1) is 0 Å². The molecule has 2 aromatic rings. The Kier molecular flexibility index (Phi) is 6.21. The molecule has 2 unspecified atom stereocenters. The van der Waals surface area contributed by atoms with E-state index in [0.29, 0.717) is 12.6 Å². The summed E-state index contributed by atoms with van der Waals surface area (Å²) in [6.07, 6.45) is 4.55. The monoisotopic (exact) mass is 285 g/mol. The standard InChI is InChI=1S/C19H27NO/c1-3-4-5-8-15(2)20-14-19(21)18-12-11-16-9-6-7-10-17(16)13-18/h6-7,9-13,15,19-21H,3-5,8,14H2,1-2H3. The summed E-state index contributed by atoms with van der Waals surface area (Å²) in [6, 6.07) is 14.9. The molecule has 21 heavy (non-hydrogen) atoms. The van der Waals surface area contributed by atoms with Gasteiger partial charge in [-0.1, -0.05) is 62.6 Å². The van der Waals surface area contributed by atoms with E-state index in [1.807, 2.05) is 18.2 Å². The first kappa shape index (κ1) is 16.0. The van der Waals surface area contributed by atoms with Gasteiger partial charge in [-0.2, -0.15) is 0 Å². The van der Waals surface area contributed by atoms with Gasteiger partial charge in [0, 0.05) is 12.6 Å². The maximum atomic E-state index is 10.3. The summed E-state index contributed by atoms with van der Waals surface area (Å²) in [6.45, 7) is 5.04. The average molecular weight is 285 g/mol. The van der Waals surface area contributed by atoms with Crippen LogP contribution in [0.4, 0.5) is 0 Å². The van der Waals surface area contributed by atoms with E-state index >= 15 is 0 Å². The molecule has 2 atom stereocenters. The van der Waals surface area contributed by atoms with Crippen LogP contribution in [0.2, 0.25) is 0 Å². The van der Waals surface area contributed by atoms with Crippen molar-refractivity contribution in [3.8, 4) is 0 Å². The number of hydrogen-bond acceptors (Lipinski definition) is 2. The molecule has 0 heterocycles. The zero-order valence-electron chi connectivity index (χ0n) is 13.2. The number of fused-ring (bicyclic) bond motifs is 1. The highest BCUT2D eigenvalue weighted by Crippen LogP contribution is 2.20. The van der Waals surface area contributed by atoms with E-state index in [0.717, 1.165) is 5.56 Å². The van der Waals surface area contributed by atoms with Crippen molar-refractivity contribution in [1.82, 2.24) is 5.32 Å². The quantitative estimate of drug-likeness (QED) is 0.703. The Bertz CT molecular complexity index is 552. The van der Waals surface area contributed by atoms with Crippen molar-refractivity contribution in [2.75, 3.05) is 6.54 Å². The molecule has 0 aliphatic heterocycles. The third kappa shape index (κ3) is 4.83. The molecular formula is C19H27NO. The number of unbranched alkanes of at least 4 members (excludes halogenated alkanes) is 2. The molecular weight excluding hydrogens is 258 g/mol. The van der Waals surface area contributed by atoms with E-state index in [9.17, 15) is 5.11 Å². The molecule has 114 valence electrons. The van der Waals surface area contributed by atoms with E-state index in [4.69, 9.17) is 0 Å². The molecule has 0 saturated carbocycles.